The molecule has 1 rings (SSSR count). The summed E-state index contributed by atoms with van der Waals surface area (Å²) in [7, 11) is -3.14. The van der Waals surface area contributed by atoms with Gasteiger partial charge in [0.05, 0.1) is 10.5 Å². The lowest BCUT2D eigenvalue weighted by molar-refractivity contribution is 0.339. The molecule has 0 unspecified atom stereocenters. The summed E-state index contributed by atoms with van der Waals surface area (Å²) in [4.78, 5) is 0. The Morgan fingerprint density at radius 2 is 1.75 bits per heavy atom. The van der Waals surface area contributed by atoms with E-state index in [-0.39, 0.29) is 18.4 Å². The van der Waals surface area contributed by atoms with Gasteiger partial charge in [-0.3, -0.25) is 0 Å². The summed E-state index contributed by atoms with van der Waals surface area (Å²) in [5, 5.41) is 0. The van der Waals surface area contributed by atoms with Crippen molar-refractivity contribution < 1.29 is 13.2 Å². The molecule has 0 aliphatic carbocycles. The molecule has 0 amide bonds. The van der Waals surface area contributed by atoms with Gasteiger partial charge in [-0.2, -0.15) is 0 Å². The first-order valence-electron chi connectivity index (χ1n) is 6.88. The van der Waals surface area contributed by atoms with Crippen molar-refractivity contribution >= 4 is 9.84 Å². The summed E-state index contributed by atoms with van der Waals surface area (Å²) in [6.07, 6.45) is 0.879. The molecule has 0 heterocycles. The van der Waals surface area contributed by atoms with E-state index in [1.54, 1.807) is 20.8 Å². The van der Waals surface area contributed by atoms with E-state index in [0.29, 0.717) is 5.75 Å². The molecule has 0 saturated carbocycles. The first kappa shape index (κ1) is 17.0. The minimum atomic E-state index is -3.14. The van der Waals surface area contributed by atoms with Crippen LogP contribution in [0.25, 0.3) is 0 Å². The highest BCUT2D eigenvalue weighted by molar-refractivity contribution is 7.92. The Bertz CT molecular complexity index is 515. The lowest BCUT2D eigenvalue weighted by Crippen LogP contribution is -2.32. The van der Waals surface area contributed by atoms with Crippen LogP contribution >= 0.6 is 0 Å². The highest BCUT2D eigenvalue weighted by Crippen LogP contribution is 2.19. The number of ether oxygens (including phenoxy) is 1. The minimum absolute atomic E-state index is 0.0206. The van der Waals surface area contributed by atoms with Crippen molar-refractivity contribution in [2.45, 2.75) is 44.9 Å². The summed E-state index contributed by atoms with van der Waals surface area (Å²) >= 11 is 0. The smallest absolute Gasteiger partial charge is 0.158 e. The number of benzene rings is 1. The van der Waals surface area contributed by atoms with Crippen molar-refractivity contribution in [3.63, 3.8) is 0 Å². The van der Waals surface area contributed by atoms with E-state index in [2.05, 4.69) is 0 Å². The van der Waals surface area contributed by atoms with Crippen LogP contribution in [0.1, 0.15) is 45.7 Å². The fraction of sp³-hybridized carbons (Fsp3) is 0.600. The van der Waals surface area contributed by atoms with E-state index in [1.807, 2.05) is 31.2 Å². The maximum Gasteiger partial charge on any atom is 0.158 e. The van der Waals surface area contributed by atoms with Gasteiger partial charge in [-0.1, -0.05) is 19.1 Å². The lowest BCUT2D eigenvalue weighted by atomic mass is 10.1. The third kappa shape index (κ3) is 4.49. The predicted octanol–water partition coefficient (Wildman–Crippen LogP) is 2.69. The Balaban J connectivity index is 2.55. The summed E-state index contributed by atoms with van der Waals surface area (Å²) in [5.74, 6) is 0.688. The van der Waals surface area contributed by atoms with Gasteiger partial charge < -0.3 is 10.5 Å². The van der Waals surface area contributed by atoms with Crippen LogP contribution < -0.4 is 10.5 Å². The van der Waals surface area contributed by atoms with Gasteiger partial charge in [0.25, 0.3) is 0 Å². The molecule has 4 nitrogen and oxygen atoms in total. The molecule has 1 aromatic carbocycles. The largest absolute Gasteiger partial charge is 0.493 e. The summed E-state index contributed by atoms with van der Waals surface area (Å²) < 4.78 is 28.6. The Kier molecular flexibility index (Phi) is 5.59. The molecular formula is C15H25NO3S. The zero-order valence-corrected chi connectivity index (χ0v) is 13.5. The first-order chi connectivity index (χ1) is 9.17. The molecule has 0 fully saturated rings. The zero-order chi connectivity index (χ0) is 15.4. The van der Waals surface area contributed by atoms with Crippen LogP contribution in [0.2, 0.25) is 0 Å². The summed E-state index contributed by atoms with van der Waals surface area (Å²) in [5.41, 5.74) is 6.99. The van der Waals surface area contributed by atoms with Gasteiger partial charge in [0.1, 0.15) is 12.4 Å². The molecule has 0 aliphatic rings. The van der Waals surface area contributed by atoms with Crippen LogP contribution in [0.5, 0.6) is 5.75 Å². The quantitative estimate of drug-likeness (QED) is 0.877. The summed E-state index contributed by atoms with van der Waals surface area (Å²) in [6, 6.07) is 7.53. The number of sulfone groups is 1. The van der Waals surface area contributed by atoms with Gasteiger partial charge in [-0.25, -0.2) is 8.42 Å². The molecule has 1 atom stereocenters. The molecule has 0 aliphatic heterocycles. The Hall–Kier alpha value is -1.07. The molecule has 2 N–H and O–H groups in total. The maximum atomic E-state index is 11.9. The second kappa shape index (κ2) is 6.59. The van der Waals surface area contributed by atoms with Crippen LogP contribution in [0, 0.1) is 0 Å². The summed E-state index contributed by atoms with van der Waals surface area (Å²) in [6.45, 7) is 7.29. The normalized spacial score (nSPS) is 14.1. The third-order valence-corrected chi connectivity index (χ3v) is 5.87. The molecule has 5 heteroatoms. The Morgan fingerprint density at radius 1 is 1.20 bits per heavy atom. The van der Waals surface area contributed by atoms with E-state index >= 15 is 0 Å². The Labute approximate surface area is 122 Å². The van der Waals surface area contributed by atoms with Gasteiger partial charge in [0.15, 0.2) is 9.84 Å². The van der Waals surface area contributed by atoms with E-state index in [9.17, 15) is 8.42 Å². The molecule has 20 heavy (non-hydrogen) atoms. The van der Waals surface area contributed by atoms with E-state index in [4.69, 9.17) is 10.5 Å². The second-order valence-electron chi connectivity index (χ2n) is 5.86. The molecule has 0 spiro atoms. The predicted molar refractivity (Wildman–Crippen MR) is 82.7 cm³/mol. The van der Waals surface area contributed by atoms with Gasteiger partial charge in [-0.05, 0) is 44.9 Å². The monoisotopic (exact) mass is 299 g/mol. The fourth-order valence-corrected chi connectivity index (χ4v) is 2.54. The van der Waals surface area contributed by atoms with Crippen molar-refractivity contribution in [2.75, 3.05) is 12.4 Å². The van der Waals surface area contributed by atoms with Crippen molar-refractivity contribution in [3.05, 3.63) is 29.8 Å². The van der Waals surface area contributed by atoms with Crippen molar-refractivity contribution in [1.29, 1.82) is 0 Å². The number of rotatable bonds is 6. The van der Waals surface area contributed by atoms with Crippen LogP contribution in [0.4, 0.5) is 0 Å². The highest BCUT2D eigenvalue weighted by Gasteiger charge is 2.28. The molecule has 1 aromatic rings. The average Bonchev–Trinajstić information content (AvgIpc) is 2.37. The minimum Gasteiger partial charge on any atom is -0.493 e. The van der Waals surface area contributed by atoms with Crippen molar-refractivity contribution in [3.8, 4) is 5.75 Å². The van der Waals surface area contributed by atoms with Gasteiger partial charge in [0.2, 0.25) is 0 Å². The second-order valence-corrected chi connectivity index (χ2v) is 8.73. The van der Waals surface area contributed by atoms with Gasteiger partial charge in [0, 0.05) is 6.04 Å². The molecule has 0 aromatic heterocycles. The van der Waals surface area contributed by atoms with Crippen molar-refractivity contribution in [1.82, 2.24) is 0 Å². The third-order valence-electron chi connectivity index (χ3n) is 3.30. The molecule has 114 valence electrons. The van der Waals surface area contributed by atoms with Crippen LogP contribution in [-0.2, 0) is 9.84 Å². The van der Waals surface area contributed by atoms with Gasteiger partial charge >= 0.3 is 0 Å². The average molecular weight is 299 g/mol. The highest BCUT2D eigenvalue weighted by atomic mass is 32.2. The topological polar surface area (TPSA) is 69.4 Å². The number of hydrogen-bond donors (Lipinski definition) is 1. The van der Waals surface area contributed by atoms with E-state index in [1.165, 1.54) is 0 Å². The number of hydrogen-bond acceptors (Lipinski definition) is 4. The lowest BCUT2D eigenvalue weighted by Gasteiger charge is -2.19. The molecular weight excluding hydrogens is 274 g/mol. The molecule has 0 bridgehead atoms. The molecule has 0 saturated heterocycles. The van der Waals surface area contributed by atoms with E-state index in [0.717, 1.165) is 12.0 Å². The van der Waals surface area contributed by atoms with Crippen LogP contribution in [-0.4, -0.2) is 25.5 Å². The Morgan fingerprint density at radius 3 is 2.20 bits per heavy atom. The van der Waals surface area contributed by atoms with Gasteiger partial charge in [-0.15, -0.1) is 0 Å². The van der Waals surface area contributed by atoms with Crippen molar-refractivity contribution in [2.24, 2.45) is 5.73 Å². The van der Waals surface area contributed by atoms with Crippen LogP contribution in [0.15, 0.2) is 24.3 Å². The SMILES string of the molecule is CC[C@H](N)c1ccc(OCCS(=O)(=O)C(C)(C)C)cc1. The first-order valence-corrected chi connectivity index (χ1v) is 8.53. The molecule has 0 radical (unpaired) electrons. The maximum absolute atomic E-state index is 11.9. The standard InChI is InChI=1S/C15H25NO3S/c1-5-14(16)12-6-8-13(9-7-12)19-10-11-20(17,18)15(2,3)4/h6-9,14H,5,10-11,16H2,1-4H3/t14-/m0/s1. The fourth-order valence-electron chi connectivity index (χ4n) is 1.62. The number of nitrogens with two attached hydrogens (primary N) is 1. The van der Waals surface area contributed by atoms with Crippen LogP contribution in [0.3, 0.4) is 0 Å². The van der Waals surface area contributed by atoms with E-state index < -0.39 is 14.6 Å². The zero-order valence-electron chi connectivity index (χ0n) is 12.7.